The third kappa shape index (κ3) is 11.4. The van der Waals surface area contributed by atoms with Gasteiger partial charge in [-0.2, -0.15) is 0 Å². The maximum absolute atomic E-state index is 12.0. The van der Waals surface area contributed by atoms with Crippen LogP contribution in [0.3, 0.4) is 0 Å². The largest absolute Gasteiger partial charge is 0.357 e. The van der Waals surface area contributed by atoms with E-state index in [1.807, 2.05) is 39.6 Å². The van der Waals surface area contributed by atoms with Crippen LogP contribution in [0, 0.1) is 5.41 Å². The Morgan fingerprint density at radius 3 is 2.18 bits per heavy atom. The maximum Gasteiger partial charge on any atom is 0.240 e. The molecule has 5 heteroatoms. The summed E-state index contributed by atoms with van der Waals surface area (Å²) in [6.07, 6.45) is 2.20. The standard InChI is InChI=1S/C17H36N4O/c1-9-18-15(19-12-10-11-16(2,3)4)21(8)13-14(22)20-17(5,6)7/h9-13H2,1-8H3,(H,18,19)(H,20,22). The van der Waals surface area contributed by atoms with E-state index in [-0.39, 0.29) is 11.4 Å². The van der Waals surface area contributed by atoms with Gasteiger partial charge in [0.05, 0.1) is 6.54 Å². The second-order valence-electron chi connectivity index (χ2n) is 8.05. The number of carbonyl (C=O) groups excluding carboxylic acids is 1. The van der Waals surface area contributed by atoms with Crippen molar-refractivity contribution < 1.29 is 4.79 Å². The van der Waals surface area contributed by atoms with Crippen LogP contribution in [0.1, 0.15) is 61.3 Å². The normalized spacial score (nSPS) is 13.0. The fourth-order valence-corrected chi connectivity index (χ4v) is 2.01. The molecule has 0 saturated carbocycles. The summed E-state index contributed by atoms with van der Waals surface area (Å²) in [5.41, 5.74) is 0.131. The molecule has 0 aliphatic heterocycles. The van der Waals surface area contributed by atoms with Gasteiger partial charge in [-0.3, -0.25) is 9.79 Å². The number of nitrogens with one attached hydrogen (secondary N) is 2. The molecule has 0 spiro atoms. The highest BCUT2D eigenvalue weighted by Crippen LogP contribution is 2.20. The average molecular weight is 313 g/mol. The van der Waals surface area contributed by atoms with Gasteiger partial charge in [0.25, 0.3) is 0 Å². The smallest absolute Gasteiger partial charge is 0.240 e. The monoisotopic (exact) mass is 312 g/mol. The molecule has 0 atom stereocenters. The lowest BCUT2D eigenvalue weighted by atomic mass is 9.91. The summed E-state index contributed by atoms with van der Waals surface area (Å²) in [4.78, 5) is 18.5. The first-order valence-corrected chi connectivity index (χ1v) is 8.25. The zero-order valence-electron chi connectivity index (χ0n) is 15.8. The van der Waals surface area contributed by atoms with Crippen LogP contribution >= 0.6 is 0 Å². The van der Waals surface area contributed by atoms with Crippen molar-refractivity contribution in [3.63, 3.8) is 0 Å². The summed E-state index contributed by atoms with van der Waals surface area (Å²) in [5.74, 6) is 0.802. The fraction of sp³-hybridized carbons (Fsp3) is 0.882. The van der Waals surface area contributed by atoms with Crippen LogP contribution in [-0.4, -0.2) is 49.0 Å². The molecule has 0 aliphatic carbocycles. The van der Waals surface area contributed by atoms with E-state index in [0.717, 1.165) is 31.9 Å². The Labute approximate surface area is 136 Å². The number of guanidine groups is 1. The Bertz CT molecular complexity index is 364. The summed E-state index contributed by atoms with van der Waals surface area (Å²) in [6, 6.07) is 0. The molecule has 0 bridgehead atoms. The van der Waals surface area contributed by atoms with E-state index in [9.17, 15) is 4.79 Å². The highest BCUT2D eigenvalue weighted by molar-refractivity contribution is 5.86. The molecule has 22 heavy (non-hydrogen) atoms. The molecule has 0 aliphatic rings. The third-order valence-electron chi connectivity index (χ3n) is 2.94. The van der Waals surface area contributed by atoms with E-state index in [4.69, 9.17) is 0 Å². The van der Waals surface area contributed by atoms with Crippen LogP contribution in [0.4, 0.5) is 0 Å². The maximum atomic E-state index is 12.0. The molecule has 0 aromatic heterocycles. The van der Waals surface area contributed by atoms with Gasteiger partial charge in [-0.15, -0.1) is 0 Å². The van der Waals surface area contributed by atoms with E-state index in [0.29, 0.717) is 12.0 Å². The molecule has 1 amide bonds. The van der Waals surface area contributed by atoms with Crippen molar-refractivity contribution in [1.82, 2.24) is 15.5 Å². The Hall–Kier alpha value is -1.26. The van der Waals surface area contributed by atoms with Crippen LogP contribution in [0.5, 0.6) is 0 Å². The summed E-state index contributed by atoms with van der Waals surface area (Å²) in [7, 11) is 1.90. The molecular weight excluding hydrogens is 276 g/mol. The van der Waals surface area contributed by atoms with Gasteiger partial charge in [0, 0.05) is 25.7 Å². The Morgan fingerprint density at radius 2 is 1.73 bits per heavy atom. The van der Waals surface area contributed by atoms with Crippen LogP contribution in [0.25, 0.3) is 0 Å². The van der Waals surface area contributed by atoms with Gasteiger partial charge < -0.3 is 15.5 Å². The number of hydrogen-bond acceptors (Lipinski definition) is 2. The summed E-state index contributed by atoms with van der Waals surface area (Å²) in [5, 5.41) is 6.21. The van der Waals surface area contributed by atoms with E-state index in [1.54, 1.807) is 0 Å². The van der Waals surface area contributed by atoms with Crippen LogP contribution in [0.2, 0.25) is 0 Å². The van der Waals surface area contributed by atoms with E-state index < -0.39 is 0 Å². The second kappa shape index (κ2) is 9.01. The predicted molar refractivity (Wildman–Crippen MR) is 95.2 cm³/mol. The minimum absolute atomic E-state index is 0.00953. The highest BCUT2D eigenvalue weighted by Gasteiger charge is 2.16. The van der Waals surface area contributed by atoms with Gasteiger partial charge >= 0.3 is 0 Å². The van der Waals surface area contributed by atoms with Crippen molar-refractivity contribution in [2.75, 3.05) is 26.7 Å². The van der Waals surface area contributed by atoms with Crippen molar-refractivity contribution in [3.05, 3.63) is 0 Å². The zero-order valence-corrected chi connectivity index (χ0v) is 15.8. The van der Waals surface area contributed by atoms with Crippen molar-refractivity contribution >= 4 is 11.9 Å². The Balaban J connectivity index is 4.49. The van der Waals surface area contributed by atoms with Gasteiger partial charge in [0.2, 0.25) is 5.91 Å². The van der Waals surface area contributed by atoms with Gasteiger partial charge in [-0.05, 0) is 46.0 Å². The molecule has 0 unspecified atom stereocenters. The van der Waals surface area contributed by atoms with Crippen molar-refractivity contribution in [3.8, 4) is 0 Å². The fourth-order valence-electron chi connectivity index (χ4n) is 2.01. The number of amides is 1. The molecule has 0 heterocycles. The number of likely N-dealkylation sites (N-methyl/N-ethyl adjacent to an activating group) is 1. The number of hydrogen-bond donors (Lipinski definition) is 2. The number of carbonyl (C=O) groups is 1. The third-order valence-corrected chi connectivity index (χ3v) is 2.94. The predicted octanol–water partition coefficient (Wildman–Crippen LogP) is 2.62. The number of nitrogens with zero attached hydrogens (tertiary/aromatic N) is 2. The quantitative estimate of drug-likeness (QED) is 0.450. The lowest BCUT2D eigenvalue weighted by Crippen LogP contribution is -2.48. The van der Waals surface area contributed by atoms with Gasteiger partial charge in [-0.1, -0.05) is 20.8 Å². The summed E-state index contributed by atoms with van der Waals surface area (Å²) >= 11 is 0. The lowest BCUT2D eigenvalue weighted by Gasteiger charge is -2.25. The SMILES string of the molecule is CCNC(=NCCCC(C)(C)C)N(C)CC(=O)NC(C)(C)C. The first-order valence-electron chi connectivity index (χ1n) is 8.25. The zero-order chi connectivity index (χ0) is 17.4. The van der Waals surface area contributed by atoms with E-state index in [1.165, 1.54) is 0 Å². The van der Waals surface area contributed by atoms with Crippen LogP contribution < -0.4 is 10.6 Å². The Morgan fingerprint density at radius 1 is 1.14 bits per heavy atom. The summed E-state index contributed by atoms with van der Waals surface area (Å²) in [6.45, 7) is 16.6. The van der Waals surface area contributed by atoms with Gasteiger partial charge in [0.15, 0.2) is 5.96 Å². The van der Waals surface area contributed by atoms with Crippen LogP contribution in [0.15, 0.2) is 4.99 Å². The van der Waals surface area contributed by atoms with Crippen molar-refractivity contribution in [2.45, 2.75) is 66.8 Å². The lowest BCUT2D eigenvalue weighted by molar-refractivity contribution is -0.122. The minimum Gasteiger partial charge on any atom is -0.357 e. The topological polar surface area (TPSA) is 56.7 Å². The van der Waals surface area contributed by atoms with Gasteiger partial charge in [-0.25, -0.2) is 0 Å². The van der Waals surface area contributed by atoms with Crippen molar-refractivity contribution in [2.24, 2.45) is 10.4 Å². The molecule has 2 N–H and O–H groups in total. The number of aliphatic imine (C=N–C) groups is 1. The molecule has 5 nitrogen and oxygen atoms in total. The van der Waals surface area contributed by atoms with E-state index in [2.05, 4.69) is 36.4 Å². The van der Waals surface area contributed by atoms with E-state index >= 15 is 0 Å². The average Bonchev–Trinajstić information content (AvgIpc) is 2.29. The minimum atomic E-state index is -0.208. The molecule has 0 radical (unpaired) electrons. The first-order chi connectivity index (χ1) is 9.94. The molecule has 0 fully saturated rings. The second-order valence-corrected chi connectivity index (χ2v) is 8.05. The van der Waals surface area contributed by atoms with Gasteiger partial charge in [0.1, 0.15) is 0 Å². The number of rotatable bonds is 6. The van der Waals surface area contributed by atoms with Crippen molar-refractivity contribution in [1.29, 1.82) is 0 Å². The molecule has 0 aromatic carbocycles. The molecule has 0 rings (SSSR count). The Kier molecular flexibility index (Phi) is 8.49. The van der Waals surface area contributed by atoms with Crippen LogP contribution in [-0.2, 0) is 4.79 Å². The summed E-state index contributed by atoms with van der Waals surface area (Å²) < 4.78 is 0. The molecular formula is C17H36N4O. The molecule has 0 saturated heterocycles. The first kappa shape index (κ1) is 20.7. The molecule has 130 valence electrons. The highest BCUT2D eigenvalue weighted by atomic mass is 16.2. The molecule has 0 aromatic rings.